The first-order valence-corrected chi connectivity index (χ1v) is 5.95. The minimum absolute atomic E-state index is 0.205. The summed E-state index contributed by atoms with van der Waals surface area (Å²) in [6.07, 6.45) is 1.38. The summed E-state index contributed by atoms with van der Waals surface area (Å²) < 4.78 is 5.14. The zero-order chi connectivity index (χ0) is 13.5. The number of pyridine rings is 1. The normalized spacial score (nSPS) is 12.7. The molecule has 0 bridgehead atoms. The van der Waals surface area contributed by atoms with Crippen LogP contribution in [0.25, 0.3) is 0 Å². The number of nitrogens with zero attached hydrogens (tertiary/aromatic N) is 1. The molecule has 1 aromatic rings. The van der Waals surface area contributed by atoms with Crippen molar-refractivity contribution in [3.63, 3.8) is 0 Å². The van der Waals surface area contributed by atoms with Gasteiger partial charge in [-0.1, -0.05) is 13.8 Å². The summed E-state index contributed by atoms with van der Waals surface area (Å²) in [4.78, 5) is 14.8. The van der Waals surface area contributed by atoms with Crippen LogP contribution < -0.4 is 5.32 Å². The fourth-order valence-electron chi connectivity index (χ4n) is 1.56. The van der Waals surface area contributed by atoms with Gasteiger partial charge < -0.3 is 15.2 Å². The van der Waals surface area contributed by atoms with Gasteiger partial charge in [0.1, 0.15) is 0 Å². The highest BCUT2D eigenvalue weighted by Crippen LogP contribution is 2.05. The molecule has 0 amide bonds. The number of carboxylic acid groups (broad SMARTS) is 1. The number of methoxy groups -OCH3 is 1. The van der Waals surface area contributed by atoms with E-state index in [0.29, 0.717) is 19.1 Å². The standard InChI is InChI=1S/C13H20N2O3/c1-9(2)12(8-18-3)15-7-11-5-4-10(6-14-11)13(16)17/h4-6,9,12,15H,7-8H2,1-3H3,(H,16,17). The Balaban J connectivity index is 2.54. The van der Waals surface area contributed by atoms with Gasteiger partial charge in [-0.25, -0.2) is 4.79 Å². The van der Waals surface area contributed by atoms with E-state index in [1.165, 1.54) is 6.20 Å². The molecule has 0 saturated heterocycles. The Labute approximate surface area is 107 Å². The highest BCUT2D eigenvalue weighted by Gasteiger charge is 2.12. The van der Waals surface area contributed by atoms with Crippen LogP contribution in [0, 0.1) is 5.92 Å². The third-order valence-corrected chi connectivity index (χ3v) is 2.77. The first-order valence-electron chi connectivity index (χ1n) is 5.95. The molecule has 1 unspecified atom stereocenters. The largest absolute Gasteiger partial charge is 0.478 e. The van der Waals surface area contributed by atoms with E-state index in [1.807, 2.05) is 0 Å². The molecule has 0 spiro atoms. The lowest BCUT2D eigenvalue weighted by Gasteiger charge is -2.21. The van der Waals surface area contributed by atoms with Crippen molar-refractivity contribution in [1.29, 1.82) is 0 Å². The average Bonchev–Trinajstić information content (AvgIpc) is 2.34. The maximum Gasteiger partial charge on any atom is 0.337 e. The third kappa shape index (κ3) is 4.43. The number of nitrogens with one attached hydrogen (secondary N) is 1. The topological polar surface area (TPSA) is 71.5 Å². The average molecular weight is 252 g/mol. The molecule has 0 fully saturated rings. The van der Waals surface area contributed by atoms with Crippen molar-refractivity contribution in [3.05, 3.63) is 29.6 Å². The molecule has 0 saturated carbocycles. The van der Waals surface area contributed by atoms with Gasteiger partial charge in [-0.2, -0.15) is 0 Å². The van der Waals surface area contributed by atoms with Crippen LogP contribution in [-0.2, 0) is 11.3 Å². The Kier molecular flexibility index (Phi) is 5.74. The summed E-state index contributed by atoms with van der Waals surface area (Å²) in [6, 6.07) is 3.55. The predicted molar refractivity (Wildman–Crippen MR) is 68.5 cm³/mol. The lowest BCUT2D eigenvalue weighted by Crippen LogP contribution is -2.37. The molecular weight excluding hydrogens is 232 g/mol. The molecule has 1 rings (SSSR count). The molecule has 5 heteroatoms. The van der Waals surface area contributed by atoms with Gasteiger partial charge in [0, 0.05) is 25.9 Å². The van der Waals surface area contributed by atoms with E-state index in [0.717, 1.165) is 5.69 Å². The van der Waals surface area contributed by atoms with Gasteiger partial charge >= 0.3 is 5.97 Å². The molecular formula is C13H20N2O3. The molecule has 0 radical (unpaired) electrons. The van der Waals surface area contributed by atoms with E-state index < -0.39 is 5.97 Å². The lowest BCUT2D eigenvalue weighted by atomic mass is 10.1. The number of hydrogen-bond donors (Lipinski definition) is 2. The van der Waals surface area contributed by atoms with Crippen LogP contribution >= 0.6 is 0 Å². The van der Waals surface area contributed by atoms with E-state index >= 15 is 0 Å². The summed E-state index contributed by atoms with van der Waals surface area (Å²) >= 11 is 0. The monoisotopic (exact) mass is 252 g/mol. The summed E-state index contributed by atoms with van der Waals surface area (Å²) in [5, 5.41) is 12.1. The molecule has 0 aliphatic heterocycles. The van der Waals surface area contributed by atoms with Gasteiger partial charge in [-0.15, -0.1) is 0 Å². The Morgan fingerprint density at radius 3 is 2.67 bits per heavy atom. The number of rotatable bonds is 7. The molecule has 1 heterocycles. The van der Waals surface area contributed by atoms with Crippen molar-refractivity contribution in [2.24, 2.45) is 5.92 Å². The molecule has 5 nitrogen and oxygen atoms in total. The van der Waals surface area contributed by atoms with Gasteiger partial charge in [0.05, 0.1) is 17.9 Å². The van der Waals surface area contributed by atoms with Crippen LogP contribution in [-0.4, -0.2) is 35.8 Å². The van der Waals surface area contributed by atoms with E-state index in [4.69, 9.17) is 9.84 Å². The summed E-state index contributed by atoms with van der Waals surface area (Å²) in [5.41, 5.74) is 1.03. The molecule has 1 aromatic heterocycles. The zero-order valence-corrected chi connectivity index (χ0v) is 11.0. The third-order valence-electron chi connectivity index (χ3n) is 2.77. The van der Waals surface area contributed by atoms with Crippen LogP contribution in [0.4, 0.5) is 0 Å². The zero-order valence-electron chi connectivity index (χ0n) is 11.0. The van der Waals surface area contributed by atoms with E-state index in [9.17, 15) is 4.79 Å². The Bertz CT molecular complexity index is 376. The molecule has 0 aliphatic carbocycles. The van der Waals surface area contributed by atoms with Gasteiger partial charge in [-0.05, 0) is 18.1 Å². The summed E-state index contributed by atoms with van der Waals surface area (Å²) in [7, 11) is 1.68. The molecule has 100 valence electrons. The first-order chi connectivity index (χ1) is 8.54. The Morgan fingerprint density at radius 2 is 2.22 bits per heavy atom. The minimum atomic E-state index is -0.957. The number of aromatic carboxylic acids is 1. The van der Waals surface area contributed by atoms with Gasteiger partial charge in [0.25, 0.3) is 0 Å². The van der Waals surface area contributed by atoms with Gasteiger partial charge in [0.15, 0.2) is 0 Å². The molecule has 0 aliphatic rings. The van der Waals surface area contributed by atoms with Crippen molar-refractivity contribution in [3.8, 4) is 0 Å². The van der Waals surface area contributed by atoms with Crippen LogP contribution in [0.15, 0.2) is 18.3 Å². The Morgan fingerprint density at radius 1 is 1.50 bits per heavy atom. The summed E-state index contributed by atoms with van der Waals surface area (Å²) in [6.45, 7) is 5.49. The fraction of sp³-hybridized carbons (Fsp3) is 0.538. The maximum atomic E-state index is 10.7. The SMILES string of the molecule is COCC(NCc1ccc(C(=O)O)cn1)C(C)C. The predicted octanol–water partition coefficient (Wildman–Crippen LogP) is 1.54. The van der Waals surface area contributed by atoms with Crippen LogP contribution in [0.2, 0.25) is 0 Å². The van der Waals surface area contributed by atoms with Crippen molar-refractivity contribution in [1.82, 2.24) is 10.3 Å². The van der Waals surface area contributed by atoms with Gasteiger partial charge in [-0.3, -0.25) is 4.98 Å². The van der Waals surface area contributed by atoms with E-state index in [2.05, 4.69) is 24.1 Å². The Hall–Kier alpha value is -1.46. The number of hydrogen-bond acceptors (Lipinski definition) is 4. The lowest BCUT2D eigenvalue weighted by molar-refractivity contribution is 0.0696. The number of carbonyl (C=O) groups is 1. The van der Waals surface area contributed by atoms with Crippen LogP contribution in [0.3, 0.4) is 0 Å². The first kappa shape index (κ1) is 14.6. The van der Waals surface area contributed by atoms with Crippen molar-refractivity contribution >= 4 is 5.97 Å². The summed E-state index contributed by atoms with van der Waals surface area (Å²) in [5.74, 6) is -0.496. The maximum absolute atomic E-state index is 10.7. The number of ether oxygens (including phenoxy) is 1. The second kappa shape index (κ2) is 7.08. The highest BCUT2D eigenvalue weighted by atomic mass is 16.5. The molecule has 18 heavy (non-hydrogen) atoms. The van der Waals surface area contributed by atoms with Crippen molar-refractivity contribution in [2.45, 2.75) is 26.4 Å². The van der Waals surface area contributed by atoms with Crippen LogP contribution in [0.5, 0.6) is 0 Å². The van der Waals surface area contributed by atoms with Crippen molar-refractivity contribution < 1.29 is 14.6 Å². The second-order valence-corrected chi connectivity index (χ2v) is 4.53. The molecule has 2 N–H and O–H groups in total. The number of aromatic nitrogens is 1. The van der Waals surface area contributed by atoms with Gasteiger partial charge in [0.2, 0.25) is 0 Å². The van der Waals surface area contributed by atoms with Crippen molar-refractivity contribution in [2.75, 3.05) is 13.7 Å². The highest BCUT2D eigenvalue weighted by molar-refractivity contribution is 5.87. The quantitative estimate of drug-likeness (QED) is 0.770. The number of carboxylic acids is 1. The van der Waals surface area contributed by atoms with Crippen LogP contribution in [0.1, 0.15) is 29.9 Å². The molecule has 0 aromatic carbocycles. The van der Waals surface area contributed by atoms with E-state index in [-0.39, 0.29) is 11.6 Å². The van der Waals surface area contributed by atoms with E-state index in [1.54, 1.807) is 19.2 Å². The minimum Gasteiger partial charge on any atom is -0.478 e. The smallest absolute Gasteiger partial charge is 0.337 e. The second-order valence-electron chi connectivity index (χ2n) is 4.53. The molecule has 1 atom stereocenters. The fourth-order valence-corrected chi connectivity index (χ4v) is 1.56.